The lowest BCUT2D eigenvalue weighted by molar-refractivity contribution is 0.905. The molecule has 0 bridgehead atoms. The van der Waals surface area contributed by atoms with E-state index in [1.165, 1.54) is 4.88 Å². The Bertz CT molecular complexity index is 406. The van der Waals surface area contributed by atoms with Gasteiger partial charge >= 0.3 is 0 Å². The summed E-state index contributed by atoms with van der Waals surface area (Å²) in [5.74, 6) is 0. The molecule has 2 aromatic rings. The first-order chi connectivity index (χ1) is 7.25. The zero-order valence-corrected chi connectivity index (χ0v) is 9.71. The molecule has 2 heterocycles. The van der Waals surface area contributed by atoms with Crippen molar-refractivity contribution < 1.29 is 0 Å². The molecule has 0 amide bonds. The van der Waals surface area contributed by atoms with Crippen molar-refractivity contribution in [2.45, 2.75) is 19.9 Å². The van der Waals surface area contributed by atoms with E-state index in [1.54, 1.807) is 11.3 Å². The molecule has 0 spiro atoms. The van der Waals surface area contributed by atoms with E-state index in [0.29, 0.717) is 6.04 Å². The molecule has 1 atom stereocenters. The molecule has 2 aromatic heterocycles. The van der Waals surface area contributed by atoms with Gasteiger partial charge in [0, 0.05) is 10.6 Å². The van der Waals surface area contributed by atoms with Crippen LogP contribution >= 0.6 is 11.3 Å². The molecular weight excluding hydrogens is 204 g/mol. The van der Waals surface area contributed by atoms with E-state index in [9.17, 15) is 0 Å². The first-order valence-corrected chi connectivity index (χ1v) is 5.86. The van der Waals surface area contributed by atoms with E-state index in [0.717, 1.165) is 11.4 Å². The van der Waals surface area contributed by atoms with Crippen molar-refractivity contribution in [1.82, 2.24) is 4.98 Å². The minimum absolute atomic E-state index is 0.342. The maximum absolute atomic E-state index is 4.25. The van der Waals surface area contributed by atoms with Crippen molar-refractivity contribution in [2.24, 2.45) is 0 Å². The van der Waals surface area contributed by atoms with Gasteiger partial charge in [-0.05, 0) is 37.4 Å². The van der Waals surface area contributed by atoms with Gasteiger partial charge in [-0.1, -0.05) is 6.07 Å². The minimum Gasteiger partial charge on any atom is -0.376 e. The number of anilines is 1. The summed E-state index contributed by atoms with van der Waals surface area (Å²) in [5.41, 5.74) is 2.12. The van der Waals surface area contributed by atoms with Gasteiger partial charge in [-0.15, -0.1) is 11.3 Å². The van der Waals surface area contributed by atoms with E-state index in [4.69, 9.17) is 0 Å². The van der Waals surface area contributed by atoms with Crippen LogP contribution in [0.4, 0.5) is 5.69 Å². The Morgan fingerprint density at radius 3 is 2.80 bits per heavy atom. The molecule has 1 N–H and O–H groups in total. The summed E-state index contributed by atoms with van der Waals surface area (Å²) in [6, 6.07) is 8.64. The molecule has 0 aliphatic rings. The van der Waals surface area contributed by atoms with Gasteiger partial charge < -0.3 is 5.32 Å². The molecule has 0 aromatic carbocycles. The second-order valence-corrected chi connectivity index (χ2v) is 4.55. The van der Waals surface area contributed by atoms with Gasteiger partial charge in [0.05, 0.1) is 17.9 Å². The monoisotopic (exact) mass is 218 g/mol. The molecule has 0 aliphatic heterocycles. The fraction of sp³-hybridized carbons (Fsp3) is 0.250. The Labute approximate surface area is 94.0 Å². The molecule has 0 aliphatic carbocycles. The van der Waals surface area contributed by atoms with Gasteiger partial charge in [-0.25, -0.2) is 0 Å². The number of rotatable bonds is 3. The lowest BCUT2D eigenvalue weighted by Crippen LogP contribution is -2.04. The molecule has 78 valence electrons. The van der Waals surface area contributed by atoms with Crippen LogP contribution in [0, 0.1) is 6.92 Å². The number of aromatic nitrogens is 1. The Kier molecular flexibility index (Phi) is 3.02. The predicted molar refractivity (Wildman–Crippen MR) is 65.3 cm³/mol. The second-order valence-electron chi connectivity index (χ2n) is 3.57. The lowest BCUT2D eigenvalue weighted by atomic mass is 10.2. The van der Waals surface area contributed by atoms with Crippen LogP contribution in [0.2, 0.25) is 0 Å². The zero-order valence-electron chi connectivity index (χ0n) is 8.90. The average Bonchev–Trinajstić information content (AvgIpc) is 2.74. The minimum atomic E-state index is 0.342. The number of nitrogens with zero attached hydrogens (tertiary/aromatic N) is 1. The van der Waals surface area contributed by atoms with Gasteiger partial charge in [-0.2, -0.15) is 0 Å². The highest BCUT2D eigenvalue weighted by atomic mass is 32.1. The fourth-order valence-electron chi connectivity index (χ4n) is 1.41. The number of hydrogen-bond donors (Lipinski definition) is 1. The van der Waals surface area contributed by atoms with E-state index in [-0.39, 0.29) is 0 Å². The Morgan fingerprint density at radius 1 is 1.33 bits per heavy atom. The van der Waals surface area contributed by atoms with E-state index >= 15 is 0 Å². The molecular formula is C12H14N2S. The Hall–Kier alpha value is -1.35. The highest BCUT2D eigenvalue weighted by molar-refractivity contribution is 7.10. The summed E-state index contributed by atoms with van der Waals surface area (Å²) in [4.78, 5) is 5.60. The quantitative estimate of drug-likeness (QED) is 0.851. The molecule has 2 nitrogen and oxygen atoms in total. The van der Waals surface area contributed by atoms with Gasteiger partial charge in [-0.3, -0.25) is 4.98 Å². The number of aryl methyl sites for hydroxylation is 1. The van der Waals surface area contributed by atoms with Gasteiger partial charge in [0.2, 0.25) is 0 Å². The summed E-state index contributed by atoms with van der Waals surface area (Å²) in [6.07, 6.45) is 1.87. The van der Waals surface area contributed by atoms with Crippen molar-refractivity contribution in [3.63, 3.8) is 0 Å². The van der Waals surface area contributed by atoms with Crippen LogP contribution in [0.5, 0.6) is 0 Å². The summed E-state index contributed by atoms with van der Waals surface area (Å²) in [5, 5.41) is 5.52. The van der Waals surface area contributed by atoms with Crippen molar-refractivity contribution >= 4 is 17.0 Å². The van der Waals surface area contributed by atoms with Crippen LogP contribution in [0.1, 0.15) is 23.5 Å². The molecule has 2 rings (SSSR count). The van der Waals surface area contributed by atoms with Crippen molar-refractivity contribution in [3.05, 3.63) is 46.4 Å². The summed E-state index contributed by atoms with van der Waals surface area (Å²) in [7, 11) is 0. The third kappa shape index (κ3) is 2.57. The Morgan fingerprint density at radius 2 is 2.20 bits per heavy atom. The van der Waals surface area contributed by atoms with Crippen LogP contribution in [-0.2, 0) is 0 Å². The van der Waals surface area contributed by atoms with Gasteiger partial charge in [0.25, 0.3) is 0 Å². The SMILES string of the molecule is Cc1ccc(N[C@@H](C)c2cccs2)cn1. The van der Waals surface area contributed by atoms with Gasteiger partial charge in [0.15, 0.2) is 0 Å². The van der Waals surface area contributed by atoms with Crippen LogP contribution in [0.3, 0.4) is 0 Å². The number of hydrogen-bond acceptors (Lipinski definition) is 3. The molecule has 0 saturated heterocycles. The van der Waals surface area contributed by atoms with Crippen LogP contribution in [-0.4, -0.2) is 4.98 Å². The number of pyridine rings is 1. The smallest absolute Gasteiger partial charge is 0.0578 e. The summed E-state index contributed by atoms with van der Waals surface area (Å²) >= 11 is 1.77. The largest absolute Gasteiger partial charge is 0.376 e. The number of thiophene rings is 1. The maximum atomic E-state index is 4.25. The van der Waals surface area contributed by atoms with Crippen molar-refractivity contribution in [1.29, 1.82) is 0 Å². The molecule has 0 saturated carbocycles. The molecule has 0 radical (unpaired) electrons. The van der Waals surface area contributed by atoms with Crippen molar-refractivity contribution in [2.75, 3.05) is 5.32 Å². The molecule has 3 heteroatoms. The van der Waals surface area contributed by atoms with Crippen LogP contribution in [0.15, 0.2) is 35.8 Å². The predicted octanol–water partition coefficient (Wildman–Crippen LogP) is 3.62. The third-order valence-corrected chi connectivity index (χ3v) is 3.32. The molecule has 15 heavy (non-hydrogen) atoms. The standard InChI is InChI=1S/C12H14N2S/c1-9-5-6-11(8-13-9)14-10(2)12-4-3-7-15-12/h3-8,10,14H,1-2H3/t10-/m0/s1. The zero-order chi connectivity index (χ0) is 10.7. The second kappa shape index (κ2) is 4.45. The normalized spacial score (nSPS) is 12.4. The topological polar surface area (TPSA) is 24.9 Å². The van der Waals surface area contributed by atoms with E-state index < -0.39 is 0 Å². The molecule has 0 unspecified atom stereocenters. The summed E-state index contributed by atoms with van der Waals surface area (Å²) in [6.45, 7) is 4.15. The van der Waals surface area contributed by atoms with Gasteiger partial charge in [0.1, 0.15) is 0 Å². The van der Waals surface area contributed by atoms with Crippen LogP contribution in [0.25, 0.3) is 0 Å². The first kappa shape index (κ1) is 10.2. The highest BCUT2D eigenvalue weighted by Crippen LogP contribution is 2.22. The Balaban J connectivity index is 2.06. The first-order valence-electron chi connectivity index (χ1n) is 4.98. The maximum Gasteiger partial charge on any atom is 0.0578 e. The fourth-order valence-corrected chi connectivity index (χ4v) is 2.15. The summed E-state index contributed by atoms with van der Waals surface area (Å²) < 4.78 is 0. The number of nitrogens with one attached hydrogen (secondary N) is 1. The third-order valence-electron chi connectivity index (χ3n) is 2.26. The highest BCUT2D eigenvalue weighted by Gasteiger charge is 2.05. The average molecular weight is 218 g/mol. The lowest BCUT2D eigenvalue weighted by Gasteiger charge is -2.13. The van der Waals surface area contributed by atoms with E-state index in [2.05, 4.69) is 40.8 Å². The van der Waals surface area contributed by atoms with Crippen molar-refractivity contribution in [3.8, 4) is 0 Å². The van der Waals surface area contributed by atoms with Crippen LogP contribution < -0.4 is 5.32 Å². The molecule has 0 fully saturated rings. The van der Waals surface area contributed by atoms with E-state index in [1.807, 2.05) is 19.2 Å².